The number of nitrogens with two attached hydrogens (primary N) is 1. The first-order chi connectivity index (χ1) is 17.2. The molecule has 0 saturated carbocycles. The average Bonchev–Trinajstić information content (AvgIpc) is 3.34. The molecule has 6 rings (SSSR count). The molecule has 0 aliphatic carbocycles. The number of hydrogen-bond donors (Lipinski definition) is 2. The number of imidazole rings is 1. The second kappa shape index (κ2) is 9.52. The Morgan fingerprint density at radius 3 is 2.89 bits per heavy atom. The van der Waals surface area contributed by atoms with Gasteiger partial charge in [-0.25, -0.2) is 15.0 Å². The van der Waals surface area contributed by atoms with Crippen LogP contribution in [0, 0.1) is 0 Å². The van der Waals surface area contributed by atoms with Gasteiger partial charge in [-0.05, 0) is 36.2 Å². The third-order valence-electron chi connectivity index (χ3n) is 6.58. The van der Waals surface area contributed by atoms with E-state index in [2.05, 4.69) is 25.9 Å². The predicted molar refractivity (Wildman–Crippen MR) is 133 cm³/mol. The van der Waals surface area contributed by atoms with Crippen LogP contribution in [-0.4, -0.2) is 70.9 Å². The molecule has 4 heterocycles. The number of nitrogens with zero attached hydrogens (tertiary/aromatic N) is 4. The molecule has 0 spiro atoms. The minimum absolute atomic E-state index is 0.136. The third kappa shape index (κ3) is 4.65. The highest BCUT2D eigenvalue weighted by Gasteiger charge is 2.25. The average molecular weight is 473 g/mol. The van der Waals surface area contributed by atoms with E-state index in [1.165, 1.54) is 5.56 Å². The fourth-order valence-corrected chi connectivity index (χ4v) is 4.70. The van der Waals surface area contributed by atoms with Crippen LogP contribution in [-0.2, 0) is 11.2 Å². The van der Waals surface area contributed by atoms with Crippen LogP contribution in [0.2, 0.25) is 0 Å². The summed E-state index contributed by atoms with van der Waals surface area (Å²) in [5, 5.41) is 0. The lowest BCUT2D eigenvalue weighted by Gasteiger charge is -2.26. The fourth-order valence-electron chi connectivity index (χ4n) is 4.70. The Kier molecular flexibility index (Phi) is 5.93. The van der Waals surface area contributed by atoms with Gasteiger partial charge in [-0.2, -0.15) is 0 Å². The van der Waals surface area contributed by atoms with Crippen LogP contribution in [0.1, 0.15) is 17.3 Å². The molecule has 9 nitrogen and oxygen atoms in total. The zero-order valence-electron chi connectivity index (χ0n) is 19.4. The van der Waals surface area contributed by atoms with E-state index in [4.69, 9.17) is 24.9 Å². The van der Waals surface area contributed by atoms with Crippen LogP contribution in [0.25, 0.3) is 22.3 Å². The minimum Gasteiger partial charge on any atom is -0.493 e. The fraction of sp³-hybridized carbons (Fsp3) is 0.346. The molecule has 1 atom stereocenters. The highest BCUT2D eigenvalue weighted by atomic mass is 16.5. The zero-order valence-corrected chi connectivity index (χ0v) is 19.4. The Morgan fingerprint density at radius 1 is 1.11 bits per heavy atom. The number of nitrogen functional groups attached to an aromatic ring is 1. The Morgan fingerprint density at radius 2 is 2.00 bits per heavy atom. The van der Waals surface area contributed by atoms with Crippen LogP contribution >= 0.6 is 0 Å². The molecule has 4 aromatic rings. The number of aromatic nitrogens is 4. The minimum atomic E-state index is 0.136. The van der Waals surface area contributed by atoms with E-state index < -0.39 is 0 Å². The maximum atomic E-state index is 6.31. The second-order valence-corrected chi connectivity index (χ2v) is 8.91. The molecule has 1 fully saturated rings. The predicted octanol–water partition coefficient (Wildman–Crippen LogP) is 3.03. The highest BCUT2D eigenvalue weighted by molar-refractivity contribution is 5.87. The van der Waals surface area contributed by atoms with Gasteiger partial charge < -0.3 is 24.9 Å². The molecule has 0 radical (unpaired) electrons. The summed E-state index contributed by atoms with van der Waals surface area (Å²) in [7, 11) is 0. The number of nitrogens with one attached hydrogen (secondary N) is 1. The lowest BCUT2D eigenvalue weighted by Crippen LogP contribution is -2.38. The molecule has 2 aliphatic heterocycles. The van der Waals surface area contributed by atoms with E-state index in [-0.39, 0.29) is 11.9 Å². The molecule has 1 unspecified atom stereocenters. The van der Waals surface area contributed by atoms with Gasteiger partial charge in [0, 0.05) is 31.4 Å². The van der Waals surface area contributed by atoms with Crippen molar-refractivity contribution in [2.24, 2.45) is 0 Å². The van der Waals surface area contributed by atoms with Gasteiger partial charge in [-0.1, -0.05) is 18.2 Å². The molecule has 2 aliphatic rings. The van der Waals surface area contributed by atoms with Crippen LogP contribution < -0.4 is 15.2 Å². The standard InChI is InChI=1S/C26H28N6O3/c27-26-28-6-5-20(30-26)18-14-21-24(23(15-18)34-12-9-32-7-10-33-11-8-32)31-25(29-21)19-13-17-3-1-2-4-22(17)35-16-19/h1-6,14-15,19H,7-13,16H2,(H,29,31)(H2,27,28,30). The van der Waals surface area contributed by atoms with Gasteiger partial charge in [-0.3, -0.25) is 4.90 Å². The van der Waals surface area contributed by atoms with Crippen molar-refractivity contribution < 1.29 is 14.2 Å². The van der Waals surface area contributed by atoms with Crippen LogP contribution in [0.4, 0.5) is 5.95 Å². The Hall–Kier alpha value is -3.69. The molecule has 2 aromatic heterocycles. The maximum Gasteiger partial charge on any atom is 0.220 e. The number of rotatable bonds is 6. The third-order valence-corrected chi connectivity index (χ3v) is 6.58. The van der Waals surface area contributed by atoms with Crippen LogP contribution in [0.15, 0.2) is 48.7 Å². The molecule has 35 heavy (non-hydrogen) atoms. The number of benzene rings is 2. The number of ether oxygens (including phenoxy) is 3. The molecule has 0 amide bonds. The lowest BCUT2D eigenvalue weighted by atomic mass is 9.96. The van der Waals surface area contributed by atoms with Crippen LogP contribution in [0.3, 0.4) is 0 Å². The summed E-state index contributed by atoms with van der Waals surface area (Å²) in [5.74, 6) is 2.97. The number of H-pyrrole nitrogens is 1. The van der Waals surface area contributed by atoms with E-state index in [1.807, 2.05) is 36.4 Å². The molecular formula is C26H28N6O3. The topological polar surface area (TPSA) is 111 Å². The summed E-state index contributed by atoms with van der Waals surface area (Å²) in [5.41, 5.74) is 10.4. The Bertz CT molecular complexity index is 1330. The smallest absolute Gasteiger partial charge is 0.220 e. The molecule has 0 bridgehead atoms. The summed E-state index contributed by atoms with van der Waals surface area (Å²) in [6, 6.07) is 14.0. The quantitative estimate of drug-likeness (QED) is 0.441. The molecule has 3 N–H and O–H groups in total. The van der Waals surface area contributed by atoms with E-state index in [9.17, 15) is 0 Å². The van der Waals surface area contributed by atoms with Crippen LogP contribution in [0.5, 0.6) is 11.5 Å². The summed E-state index contributed by atoms with van der Waals surface area (Å²) < 4.78 is 17.8. The van der Waals surface area contributed by atoms with Crippen molar-refractivity contribution in [1.29, 1.82) is 0 Å². The van der Waals surface area contributed by atoms with Gasteiger partial charge in [-0.15, -0.1) is 0 Å². The van der Waals surface area contributed by atoms with Crippen molar-refractivity contribution in [3.63, 3.8) is 0 Å². The van der Waals surface area contributed by atoms with E-state index in [0.29, 0.717) is 13.2 Å². The number of para-hydroxylation sites is 1. The Labute approximate surface area is 203 Å². The normalized spacial score (nSPS) is 18.2. The summed E-state index contributed by atoms with van der Waals surface area (Å²) in [4.78, 5) is 19.3. The number of aromatic amines is 1. The lowest BCUT2D eigenvalue weighted by molar-refractivity contribution is 0.0323. The maximum absolute atomic E-state index is 6.31. The van der Waals surface area contributed by atoms with Gasteiger partial charge >= 0.3 is 0 Å². The molecule has 9 heteroatoms. The van der Waals surface area contributed by atoms with Crippen molar-refractivity contribution in [2.45, 2.75) is 12.3 Å². The Balaban J connectivity index is 1.31. The van der Waals surface area contributed by atoms with E-state index >= 15 is 0 Å². The van der Waals surface area contributed by atoms with Gasteiger partial charge in [0.25, 0.3) is 0 Å². The molecule has 2 aromatic carbocycles. The largest absolute Gasteiger partial charge is 0.493 e. The summed E-state index contributed by atoms with van der Waals surface area (Å²) >= 11 is 0. The second-order valence-electron chi connectivity index (χ2n) is 8.91. The highest BCUT2D eigenvalue weighted by Crippen LogP contribution is 2.35. The van der Waals surface area contributed by atoms with Crippen molar-refractivity contribution >= 4 is 17.0 Å². The molecular weight excluding hydrogens is 444 g/mol. The first-order valence-corrected chi connectivity index (χ1v) is 12.0. The summed E-state index contributed by atoms with van der Waals surface area (Å²) in [6.07, 6.45) is 2.53. The first kappa shape index (κ1) is 21.8. The molecule has 180 valence electrons. The zero-order chi connectivity index (χ0) is 23.6. The molecule has 1 saturated heterocycles. The monoisotopic (exact) mass is 472 g/mol. The van der Waals surface area contributed by atoms with Gasteiger partial charge in [0.2, 0.25) is 5.95 Å². The first-order valence-electron chi connectivity index (χ1n) is 12.0. The van der Waals surface area contributed by atoms with Crippen molar-refractivity contribution in [3.05, 3.63) is 60.0 Å². The number of hydrogen-bond acceptors (Lipinski definition) is 8. The van der Waals surface area contributed by atoms with E-state index in [1.54, 1.807) is 6.20 Å². The SMILES string of the molecule is Nc1nccc(-c2cc(OCCN3CCOCC3)c3[nH]c(C4COc5ccccc5C4)nc3c2)n1. The van der Waals surface area contributed by atoms with Gasteiger partial charge in [0.15, 0.2) is 0 Å². The number of fused-ring (bicyclic) bond motifs is 2. The van der Waals surface area contributed by atoms with Gasteiger partial charge in [0.1, 0.15) is 29.4 Å². The van der Waals surface area contributed by atoms with Gasteiger partial charge in [0.05, 0.1) is 36.9 Å². The number of morpholine rings is 1. The number of anilines is 1. The van der Waals surface area contributed by atoms with Crippen molar-refractivity contribution in [1.82, 2.24) is 24.8 Å². The summed E-state index contributed by atoms with van der Waals surface area (Å²) in [6.45, 7) is 5.38. The van der Waals surface area contributed by atoms with Crippen molar-refractivity contribution in [3.8, 4) is 22.8 Å². The van der Waals surface area contributed by atoms with E-state index in [0.717, 1.165) is 78.9 Å². The van der Waals surface area contributed by atoms with Crippen molar-refractivity contribution in [2.75, 3.05) is 51.8 Å².